The second-order valence-electron chi connectivity index (χ2n) is 7.37. The normalized spacial score (nSPS) is 14.4. The average molecular weight is 425 g/mol. The summed E-state index contributed by atoms with van der Waals surface area (Å²) >= 11 is 0. The third kappa shape index (κ3) is 5.15. The minimum Gasteiger partial charge on any atom is -0.368 e. The molecule has 1 amide bonds. The molecule has 166 valence electrons. The molecule has 0 bridgehead atoms. The Bertz CT molecular complexity index is 881. The molecule has 1 aromatic carbocycles. The molecule has 8 heteroatoms. The van der Waals surface area contributed by atoms with Gasteiger partial charge in [-0.05, 0) is 44.9 Å². The number of halogens is 3. The molecule has 2 aromatic rings. The number of rotatable bonds is 3. The summed E-state index contributed by atoms with van der Waals surface area (Å²) < 4.78 is 40.2. The molecule has 3 rings (SSSR count). The van der Waals surface area contributed by atoms with E-state index in [1.807, 2.05) is 20.8 Å². The molecule has 0 N–H and O–H groups in total. The van der Waals surface area contributed by atoms with E-state index in [0.29, 0.717) is 31.9 Å². The van der Waals surface area contributed by atoms with Crippen LogP contribution in [0.15, 0.2) is 18.2 Å². The van der Waals surface area contributed by atoms with E-state index >= 15 is 0 Å². The van der Waals surface area contributed by atoms with Gasteiger partial charge in [0.05, 0.1) is 0 Å². The van der Waals surface area contributed by atoms with Gasteiger partial charge < -0.3 is 9.80 Å². The number of aromatic nitrogens is 2. The molecule has 1 aromatic heterocycles. The minimum atomic E-state index is -4.51. The molecular formula is C22H31F3N4O. The van der Waals surface area contributed by atoms with E-state index in [-0.39, 0.29) is 18.0 Å². The number of hydrogen-bond acceptors (Lipinski definition) is 3. The number of benzene rings is 1. The summed E-state index contributed by atoms with van der Waals surface area (Å²) in [5.41, 5.74) is 3.06. The smallest absolute Gasteiger partial charge is 0.368 e. The highest BCUT2D eigenvalue weighted by Gasteiger charge is 2.37. The predicted octanol–water partition coefficient (Wildman–Crippen LogP) is 4.51. The van der Waals surface area contributed by atoms with Crippen molar-refractivity contribution in [1.29, 1.82) is 0 Å². The second-order valence-corrected chi connectivity index (χ2v) is 7.37. The molecular weight excluding hydrogens is 393 g/mol. The van der Waals surface area contributed by atoms with Crippen LogP contribution in [0.5, 0.6) is 0 Å². The van der Waals surface area contributed by atoms with Crippen LogP contribution in [0, 0.1) is 27.7 Å². The average Bonchev–Trinajstić information content (AvgIpc) is 3.00. The number of amides is 1. The second kappa shape index (κ2) is 9.53. The van der Waals surface area contributed by atoms with Crippen LogP contribution in [0.4, 0.5) is 18.9 Å². The Labute approximate surface area is 176 Å². The van der Waals surface area contributed by atoms with Gasteiger partial charge in [-0.15, -0.1) is 0 Å². The highest BCUT2D eigenvalue weighted by molar-refractivity contribution is 5.76. The van der Waals surface area contributed by atoms with E-state index in [1.54, 1.807) is 11.8 Å². The zero-order valence-electron chi connectivity index (χ0n) is 18.6. The molecule has 1 saturated heterocycles. The molecule has 1 aliphatic rings. The fourth-order valence-electron chi connectivity index (χ4n) is 3.54. The first-order valence-electron chi connectivity index (χ1n) is 10.3. The fourth-order valence-corrected chi connectivity index (χ4v) is 3.54. The van der Waals surface area contributed by atoms with Gasteiger partial charge >= 0.3 is 6.18 Å². The van der Waals surface area contributed by atoms with Gasteiger partial charge in [-0.3, -0.25) is 9.48 Å². The summed E-state index contributed by atoms with van der Waals surface area (Å²) in [4.78, 5) is 16.6. The van der Waals surface area contributed by atoms with Crippen LogP contribution in [-0.2, 0) is 17.5 Å². The SMILES string of the molecule is CC.Cc1ccc(C)c(N2CCN(C(=O)Cn3nc(C(F)(F)F)c(C)c3C)CC2)c1. The molecule has 30 heavy (non-hydrogen) atoms. The third-order valence-electron chi connectivity index (χ3n) is 5.40. The molecule has 0 aliphatic carbocycles. The Balaban J connectivity index is 0.00000155. The van der Waals surface area contributed by atoms with Crippen molar-refractivity contribution in [3.05, 3.63) is 46.3 Å². The lowest BCUT2D eigenvalue weighted by Crippen LogP contribution is -2.50. The van der Waals surface area contributed by atoms with Gasteiger partial charge in [0, 0.05) is 43.1 Å². The van der Waals surface area contributed by atoms with E-state index in [2.05, 4.69) is 35.1 Å². The lowest BCUT2D eigenvalue weighted by Gasteiger charge is -2.37. The number of carbonyl (C=O) groups excluding carboxylic acids is 1. The Morgan fingerprint density at radius 2 is 1.63 bits per heavy atom. The van der Waals surface area contributed by atoms with Crippen LogP contribution in [0.25, 0.3) is 0 Å². The molecule has 0 radical (unpaired) electrons. The monoisotopic (exact) mass is 424 g/mol. The molecule has 2 heterocycles. The maximum Gasteiger partial charge on any atom is 0.435 e. The number of hydrogen-bond donors (Lipinski definition) is 0. The van der Waals surface area contributed by atoms with Crippen molar-refractivity contribution in [2.75, 3.05) is 31.1 Å². The van der Waals surface area contributed by atoms with E-state index in [4.69, 9.17) is 0 Å². The van der Waals surface area contributed by atoms with Crippen LogP contribution < -0.4 is 4.90 Å². The molecule has 0 atom stereocenters. The molecule has 1 fully saturated rings. The largest absolute Gasteiger partial charge is 0.435 e. The van der Waals surface area contributed by atoms with Gasteiger partial charge in [-0.1, -0.05) is 26.0 Å². The van der Waals surface area contributed by atoms with Crippen molar-refractivity contribution < 1.29 is 18.0 Å². The number of piperazine rings is 1. The molecule has 0 spiro atoms. The fraction of sp³-hybridized carbons (Fsp3) is 0.545. The van der Waals surface area contributed by atoms with Crippen molar-refractivity contribution in [3.63, 3.8) is 0 Å². The van der Waals surface area contributed by atoms with E-state index in [1.165, 1.54) is 23.7 Å². The number of nitrogens with zero attached hydrogens (tertiary/aromatic N) is 4. The van der Waals surface area contributed by atoms with E-state index in [0.717, 1.165) is 4.68 Å². The molecule has 5 nitrogen and oxygen atoms in total. The number of aryl methyl sites for hydroxylation is 2. The quantitative estimate of drug-likeness (QED) is 0.728. The lowest BCUT2D eigenvalue weighted by atomic mass is 10.1. The van der Waals surface area contributed by atoms with Crippen LogP contribution in [-0.4, -0.2) is 46.8 Å². The number of carbonyl (C=O) groups is 1. The molecule has 1 aliphatic heterocycles. The Morgan fingerprint density at radius 1 is 1.03 bits per heavy atom. The summed E-state index contributed by atoms with van der Waals surface area (Å²) in [7, 11) is 0. The highest BCUT2D eigenvalue weighted by atomic mass is 19.4. The lowest BCUT2D eigenvalue weighted by molar-refractivity contribution is -0.142. The molecule has 0 saturated carbocycles. The first-order valence-corrected chi connectivity index (χ1v) is 10.3. The highest BCUT2D eigenvalue weighted by Crippen LogP contribution is 2.32. The van der Waals surface area contributed by atoms with Crippen LogP contribution in [0.1, 0.15) is 41.9 Å². The van der Waals surface area contributed by atoms with Crippen molar-refractivity contribution in [2.45, 2.75) is 54.3 Å². The maximum absolute atomic E-state index is 13.0. The Morgan fingerprint density at radius 3 is 2.17 bits per heavy atom. The number of anilines is 1. The zero-order chi connectivity index (χ0) is 22.6. The summed E-state index contributed by atoms with van der Waals surface area (Å²) in [6, 6.07) is 6.30. The predicted molar refractivity (Wildman–Crippen MR) is 113 cm³/mol. The van der Waals surface area contributed by atoms with Gasteiger partial charge in [0.1, 0.15) is 6.54 Å². The minimum absolute atomic E-state index is 0.0695. The first kappa shape index (κ1) is 23.8. The number of alkyl halides is 3. The van der Waals surface area contributed by atoms with Gasteiger partial charge in [-0.25, -0.2) is 0 Å². The van der Waals surface area contributed by atoms with E-state index in [9.17, 15) is 18.0 Å². The Hall–Kier alpha value is -2.51. The van der Waals surface area contributed by atoms with Crippen LogP contribution >= 0.6 is 0 Å². The Kier molecular flexibility index (Phi) is 7.55. The van der Waals surface area contributed by atoms with Crippen LogP contribution in [0.2, 0.25) is 0 Å². The van der Waals surface area contributed by atoms with Gasteiger partial charge in [-0.2, -0.15) is 18.3 Å². The third-order valence-corrected chi connectivity index (χ3v) is 5.40. The topological polar surface area (TPSA) is 41.4 Å². The zero-order valence-corrected chi connectivity index (χ0v) is 18.6. The first-order chi connectivity index (χ1) is 14.1. The van der Waals surface area contributed by atoms with Gasteiger partial charge in [0.25, 0.3) is 0 Å². The van der Waals surface area contributed by atoms with Crippen LogP contribution in [0.3, 0.4) is 0 Å². The summed E-state index contributed by atoms with van der Waals surface area (Å²) in [5, 5.41) is 3.63. The van der Waals surface area contributed by atoms with Crippen molar-refractivity contribution in [2.24, 2.45) is 0 Å². The van der Waals surface area contributed by atoms with Gasteiger partial charge in [0.15, 0.2) is 5.69 Å². The summed E-state index contributed by atoms with van der Waals surface area (Å²) in [6.07, 6.45) is -4.51. The van der Waals surface area contributed by atoms with Crippen molar-refractivity contribution >= 4 is 11.6 Å². The van der Waals surface area contributed by atoms with Crippen molar-refractivity contribution in [1.82, 2.24) is 14.7 Å². The standard InChI is InChI=1S/C20H25F3N4O.C2H6/c1-13-5-6-14(2)17(11-13)25-7-9-26(10-8-25)18(28)12-27-16(4)15(3)19(24-27)20(21,22)23;1-2/h5-6,11H,7-10,12H2,1-4H3;1-2H3. The van der Waals surface area contributed by atoms with Gasteiger partial charge in [0.2, 0.25) is 5.91 Å². The van der Waals surface area contributed by atoms with Crippen molar-refractivity contribution in [3.8, 4) is 0 Å². The van der Waals surface area contributed by atoms with E-state index < -0.39 is 11.9 Å². The molecule has 0 unspecified atom stereocenters. The summed E-state index contributed by atoms with van der Waals surface area (Å²) in [6.45, 7) is 13.3. The summed E-state index contributed by atoms with van der Waals surface area (Å²) in [5.74, 6) is -0.208. The maximum atomic E-state index is 13.0.